The van der Waals surface area contributed by atoms with Crippen LogP contribution in [0.15, 0.2) is 0 Å². The second-order valence-corrected chi connectivity index (χ2v) is 3.96. The molecular weight excluding hydrogens is 253 g/mol. The van der Waals surface area contributed by atoms with E-state index in [9.17, 15) is 22.8 Å². The molecule has 0 heterocycles. The zero-order chi connectivity index (χ0) is 14.3. The van der Waals surface area contributed by atoms with Gasteiger partial charge in [-0.25, -0.2) is 4.79 Å². The first-order valence-electron chi connectivity index (χ1n) is 5.41. The van der Waals surface area contributed by atoms with Crippen LogP contribution in [0.3, 0.4) is 0 Å². The van der Waals surface area contributed by atoms with Crippen LogP contribution in [0.25, 0.3) is 0 Å². The first kappa shape index (κ1) is 16.5. The van der Waals surface area contributed by atoms with Gasteiger partial charge in [0.05, 0.1) is 6.10 Å². The van der Waals surface area contributed by atoms with Crippen molar-refractivity contribution in [1.29, 1.82) is 0 Å². The van der Waals surface area contributed by atoms with Crippen LogP contribution in [0.2, 0.25) is 0 Å². The number of nitrogens with zero attached hydrogens (tertiary/aromatic N) is 1. The van der Waals surface area contributed by atoms with Crippen molar-refractivity contribution < 1.29 is 27.5 Å². The minimum atomic E-state index is -4.87. The van der Waals surface area contributed by atoms with E-state index < -0.39 is 18.2 Å². The predicted octanol–water partition coefficient (Wildman–Crippen LogP) is 1.53. The summed E-state index contributed by atoms with van der Waals surface area (Å²) in [6, 6.07) is 0. The average Bonchev–Trinajstić information content (AvgIpc) is 2.21. The van der Waals surface area contributed by atoms with Gasteiger partial charge in [-0.1, -0.05) is 0 Å². The topological polar surface area (TPSA) is 58.6 Å². The Hall–Kier alpha value is -1.47. The molecule has 0 aromatic carbocycles. The summed E-state index contributed by atoms with van der Waals surface area (Å²) in [7, 11) is 1.47. The van der Waals surface area contributed by atoms with Crippen LogP contribution >= 0.6 is 0 Å². The maximum Gasteiger partial charge on any atom is 0.471 e. The normalized spacial score (nSPS) is 11.3. The second-order valence-electron chi connectivity index (χ2n) is 3.96. The minimum Gasteiger partial charge on any atom is -0.447 e. The van der Waals surface area contributed by atoms with Crippen molar-refractivity contribution >= 4 is 12.0 Å². The Morgan fingerprint density at radius 2 is 1.89 bits per heavy atom. The lowest BCUT2D eigenvalue weighted by Crippen LogP contribution is -2.38. The summed E-state index contributed by atoms with van der Waals surface area (Å²) < 4.78 is 40.3. The SMILES string of the molecule is CC(C)OC(=O)N(C)CCCNC(=O)C(F)(F)F. The Labute approximate surface area is 103 Å². The van der Waals surface area contributed by atoms with Crippen molar-refractivity contribution in [2.75, 3.05) is 20.1 Å². The van der Waals surface area contributed by atoms with Crippen LogP contribution in [0.5, 0.6) is 0 Å². The number of amides is 2. The Balaban J connectivity index is 3.79. The molecule has 0 aromatic heterocycles. The lowest BCUT2D eigenvalue weighted by atomic mass is 10.4. The van der Waals surface area contributed by atoms with E-state index in [1.165, 1.54) is 11.9 Å². The maximum atomic E-state index is 11.8. The number of halogens is 3. The molecule has 106 valence electrons. The molecule has 0 aliphatic rings. The number of hydrogen-bond donors (Lipinski definition) is 1. The van der Waals surface area contributed by atoms with E-state index in [2.05, 4.69) is 0 Å². The van der Waals surface area contributed by atoms with Crippen LogP contribution in [-0.4, -0.2) is 49.3 Å². The molecule has 0 rings (SSSR count). The van der Waals surface area contributed by atoms with Gasteiger partial charge < -0.3 is 15.0 Å². The van der Waals surface area contributed by atoms with Gasteiger partial charge >= 0.3 is 18.2 Å². The van der Waals surface area contributed by atoms with Gasteiger partial charge in [-0.15, -0.1) is 0 Å². The summed E-state index contributed by atoms with van der Waals surface area (Å²) in [5.74, 6) is -1.98. The van der Waals surface area contributed by atoms with Gasteiger partial charge in [0.1, 0.15) is 0 Å². The molecule has 0 fully saturated rings. The highest BCUT2D eigenvalue weighted by Crippen LogP contribution is 2.13. The molecule has 8 heteroatoms. The van der Waals surface area contributed by atoms with Gasteiger partial charge in [-0.05, 0) is 20.3 Å². The first-order chi connectivity index (χ1) is 8.14. The van der Waals surface area contributed by atoms with Crippen molar-refractivity contribution in [3.8, 4) is 0 Å². The number of nitrogens with one attached hydrogen (secondary N) is 1. The van der Waals surface area contributed by atoms with Crippen LogP contribution in [0.1, 0.15) is 20.3 Å². The van der Waals surface area contributed by atoms with Crippen LogP contribution < -0.4 is 5.32 Å². The zero-order valence-corrected chi connectivity index (χ0v) is 10.5. The maximum absolute atomic E-state index is 11.8. The highest BCUT2D eigenvalue weighted by Gasteiger charge is 2.38. The largest absolute Gasteiger partial charge is 0.471 e. The van der Waals surface area contributed by atoms with Crippen molar-refractivity contribution in [3.05, 3.63) is 0 Å². The monoisotopic (exact) mass is 270 g/mol. The lowest BCUT2D eigenvalue weighted by Gasteiger charge is -2.18. The number of hydrogen-bond acceptors (Lipinski definition) is 3. The van der Waals surface area contributed by atoms with Crippen LogP contribution in [0, 0.1) is 0 Å². The number of carbonyl (C=O) groups is 2. The molecule has 1 N–H and O–H groups in total. The molecule has 2 amide bonds. The van der Waals surface area contributed by atoms with E-state index >= 15 is 0 Å². The molecular formula is C10H17F3N2O3. The molecule has 5 nitrogen and oxygen atoms in total. The van der Waals surface area contributed by atoms with Gasteiger partial charge in [0.25, 0.3) is 0 Å². The van der Waals surface area contributed by atoms with Gasteiger partial charge in [0.15, 0.2) is 0 Å². The second kappa shape index (κ2) is 7.07. The molecule has 0 saturated heterocycles. The summed E-state index contributed by atoms with van der Waals surface area (Å²) in [5.41, 5.74) is 0. The third kappa shape index (κ3) is 6.97. The fraction of sp³-hybridized carbons (Fsp3) is 0.800. The van der Waals surface area contributed by atoms with Crippen LogP contribution in [-0.2, 0) is 9.53 Å². The smallest absolute Gasteiger partial charge is 0.447 e. The van der Waals surface area contributed by atoms with E-state index in [1.54, 1.807) is 19.2 Å². The van der Waals surface area contributed by atoms with E-state index in [1.807, 2.05) is 0 Å². The molecule has 0 aliphatic carbocycles. The molecule has 0 spiro atoms. The standard InChI is InChI=1S/C10H17F3N2O3/c1-7(2)18-9(17)15(3)6-4-5-14-8(16)10(11,12)13/h7H,4-6H2,1-3H3,(H,14,16). The average molecular weight is 270 g/mol. The minimum absolute atomic E-state index is 0.155. The van der Waals surface area contributed by atoms with E-state index in [-0.39, 0.29) is 25.6 Å². The fourth-order valence-electron chi connectivity index (χ4n) is 1.00. The summed E-state index contributed by atoms with van der Waals surface area (Å²) in [6.45, 7) is 3.42. The van der Waals surface area contributed by atoms with E-state index in [0.29, 0.717) is 0 Å². The molecule has 18 heavy (non-hydrogen) atoms. The Morgan fingerprint density at radius 1 is 1.33 bits per heavy atom. The summed E-state index contributed by atoms with van der Waals surface area (Å²) in [4.78, 5) is 23.0. The number of rotatable bonds is 5. The number of alkyl halides is 3. The number of carbonyl (C=O) groups excluding carboxylic acids is 2. The van der Waals surface area contributed by atoms with Crippen molar-refractivity contribution in [2.24, 2.45) is 0 Å². The molecule has 0 unspecified atom stereocenters. The summed E-state index contributed by atoms with van der Waals surface area (Å²) >= 11 is 0. The van der Waals surface area contributed by atoms with E-state index in [4.69, 9.17) is 4.74 Å². The Bertz CT molecular complexity index is 293. The quantitative estimate of drug-likeness (QED) is 0.771. The van der Waals surface area contributed by atoms with Gasteiger partial charge in [-0.3, -0.25) is 4.79 Å². The highest BCUT2D eigenvalue weighted by atomic mass is 19.4. The molecule has 0 aliphatic heterocycles. The van der Waals surface area contributed by atoms with E-state index in [0.717, 1.165) is 0 Å². The molecule has 0 radical (unpaired) electrons. The predicted molar refractivity (Wildman–Crippen MR) is 57.9 cm³/mol. The third-order valence-corrected chi connectivity index (χ3v) is 1.86. The number of ether oxygens (including phenoxy) is 1. The first-order valence-corrected chi connectivity index (χ1v) is 5.41. The Kier molecular flexibility index (Phi) is 6.50. The van der Waals surface area contributed by atoms with Gasteiger partial charge in [-0.2, -0.15) is 13.2 Å². The fourth-order valence-corrected chi connectivity index (χ4v) is 1.00. The van der Waals surface area contributed by atoms with Crippen molar-refractivity contribution in [2.45, 2.75) is 32.5 Å². The molecule has 0 bridgehead atoms. The third-order valence-electron chi connectivity index (χ3n) is 1.86. The summed E-state index contributed by atoms with van der Waals surface area (Å²) in [5, 5.41) is 1.71. The van der Waals surface area contributed by atoms with Gasteiger partial charge in [0, 0.05) is 20.1 Å². The van der Waals surface area contributed by atoms with Gasteiger partial charge in [0.2, 0.25) is 0 Å². The summed E-state index contributed by atoms with van der Waals surface area (Å²) in [6.07, 6.45) is -5.47. The molecule has 0 aromatic rings. The van der Waals surface area contributed by atoms with Crippen LogP contribution in [0.4, 0.5) is 18.0 Å². The van der Waals surface area contributed by atoms with Crippen molar-refractivity contribution in [1.82, 2.24) is 10.2 Å². The molecule has 0 saturated carbocycles. The Morgan fingerprint density at radius 3 is 2.33 bits per heavy atom. The molecule has 0 atom stereocenters. The van der Waals surface area contributed by atoms with Crippen molar-refractivity contribution in [3.63, 3.8) is 0 Å². The zero-order valence-electron chi connectivity index (χ0n) is 10.5. The highest BCUT2D eigenvalue weighted by molar-refractivity contribution is 5.81. The lowest BCUT2D eigenvalue weighted by molar-refractivity contribution is -0.173.